The molecule has 0 aliphatic rings. The highest BCUT2D eigenvalue weighted by Gasteiger charge is 2.27. The van der Waals surface area contributed by atoms with Gasteiger partial charge in [-0.25, -0.2) is 4.39 Å². The smallest absolute Gasteiger partial charge is 0.123 e. The number of hydrogen-bond donors (Lipinski definition) is 1. The lowest BCUT2D eigenvalue weighted by Gasteiger charge is -2.31. The molecular weight excluding hydrogens is 179 g/mol. The molecule has 0 fully saturated rings. The number of rotatable bonds is 3. The molecular formula is C12H17FO. The molecule has 78 valence electrons. The average molecular weight is 196 g/mol. The summed E-state index contributed by atoms with van der Waals surface area (Å²) in [7, 11) is 0. The van der Waals surface area contributed by atoms with E-state index in [1.807, 2.05) is 6.92 Å². The largest absolute Gasteiger partial charge is 0.396 e. The van der Waals surface area contributed by atoms with E-state index in [4.69, 9.17) is 5.11 Å². The highest BCUT2D eigenvalue weighted by Crippen LogP contribution is 2.31. The molecule has 0 spiro atoms. The third-order valence-electron chi connectivity index (χ3n) is 3.09. The van der Waals surface area contributed by atoms with Crippen LogP contribution in [-0.2, 0) is 5.41 Å². The van der Waals surface area contributed by atoms with Crippen molar-refractivity contribution in [2.24, 2.45) is 5.92 Å². The first-order valence-electron chi connectivity index (χ1n) is 4.85. The van der Waals surface area contributed by atoms with Crippen molar-refractivity contribution in [3.8, 4) is 0 Å². The van der Waals surface area contributed by atoms with Crippen LogP contribution in [0.3, 0.4) is 0 Å². The van der Waals surface area contributed by atoms with Crippen LogP contribution in [0.4, 0.5) is 4.39 Å². The van der Waals surface area contributed by atoms with Crippen molar-refractivity contribution in [3.05, 3.63) is 35.6 Å². The highest BCUT2D eigenvalue weighted by atomic mass is 19.1. The molecule has 1 nitrogen and oxygen atoms in total. The van der Waals surface area contributed by atoms with Crippen LogP contribution >= 0.6 is 0 Å². The summed E-state index contributed by atoms with van der Waals surface area (Å²) < 4.78 is 12.7. The molecule has 0 heterocycles. The second kappa shape index (κ2) is 4.09. The molecule has 0 amide bonds. The molecule has 0 radical (unpaired) electrons. The molecule has 1 aromatic carbocycles. The van der Waals surface area contributed by atoms with Gasteiger partial charge in [0.1, 0.15) is 5.82 Å². The fourth-order valence-electron chi connectivity index (χ4n) is 1.39. The van der Waals surface area contributed by atoms with Gasteiger partial charge in [-0.05, 0) is 29.0 Å². The molecule has 0 bridgehead atoms. The van der Waals surface area contributed by atoms with Crippen LogP contribution in [0.5, 0.6) is 0 Å². The van der Waals surface area contributed by atoms with Crippen molar-refractivity contribution in [2.45, 2.75) is 26.2 Å². The number of halogens is 1. The van der Waals surface area contributed by atoms with Crippen LogP contribution in [0.25, 0.3) is 0 Å². The number of hydrogen-bond acceptors (Lipinski definition) is 1. The zero-order chi connectivity index (χ0) is 10.8. The van der Waals surface area contributed by atoms with E-state index >= 15 is 0 Å². The van der Waals surface area contributed by atoms with E-state index in [2.05, 4.69) is 13.8 Å². The Morgan fingerprint density at radius 3 is 2.21 bits per heavy atom. The molecule has 0 saturated carbocycles. The van der Waals surface area contributed by atoms with Gasteiger partial charge in [0, 0.05) is 6.61 Å². The molecule has 1 atom stereocenters. The van der Waals surface area contributed by atoms with Gasteiger partial charge in [-0.2, -0.15) is 0 Å². The third-order valence-corrected chi connectivity index (χ3v) is 3.09. The van der Waals surface area contributed by atoms with E-state index in [1.54, 1.807) is 12.1 Å². The van der Waals surface area contributed by atoms with E-state index in [0.29, 0.717) is 0 Å². The summed E-state index contributed by atoms with van der Waals surface area (Å²) >= 11 is 0. The molecule has 1 rings (SSSR count). The van der Waals surface area contributed by atoms with Crippen molar-refractivity contribution >= 4 is 0 Å². The molecule has 2 heteroatoms. The summed E-state index contributed by atoms with van der Waals surface area (Å²) in [4.78, 5) is 0. The van der Waals surface area contributed by atoms with E-state index < -0.39 is 0 Å². The van der Waals surface area contributed by atoms with Crippen LogP contribution in [-0.4, -0.2) is 11.7 Å². The van der Waals surface area contributed by atoms with Gasteiger partial charge in [-0.1, -0.05) is 32.9 Å². The van der Waals surface area contributed by atoms with Crippen LogP contribution in [0.15, 0.2) is 24.3 Å². The quantitative estimate of drug-likeness (QED) is 0.788. The lowest BCUT2D eigenvalue weighted by molar-refractivity contribution is 0.181. The van der Waals surface area contributed by atoms with Gasteiger partial charge in [0.2, 0.25) is 0 Å². The lowest BCUT2D eigenvalue weighted by atomic mass is 9.75. The van der Waals surface area contributed by atoms with Gasteiger partial charge in [0.15, 0.2) is 0 Å². The summed E-state index contributed by atoms with van der Waals surface area (Å²) in [5, 5.41) is 9.11. The topological polar surface area (TPSA) is 20.2 Å². The minimum absolute atomic E-state index is 0.123. The standard InChI is InChI=1S/C12H17FO/c1-9(8-14)12(2,3)10-4-6-11(13)7-5-10/h4-7,9,14H,8H2,1-3H3/t9-/m1/s1. The maximum Gasteiger partial charge on any atom is 0.123 e. The first kappa shape index (κ1) is 11.2. The molecule has 0 unspecified atom stereocenters. The summed E-state index contributed by atoms with van der Waals surface area (Å²) in [6.07, 6.45) is 0. The Morgan fingerprint density at radius 2 is 1.79 bits per heavy atom. The second-order valence-corrected chi connectivity index (χ2v) is 4.31. The predicted octanol–water partition coefficient (Wildman–Crippen LogP) is 2.73. The zero-order valence-electron chi connectivity index (χ0n) is 8.92. The Morgan fingerprint density at radius 1 is 1.29 bits per heavy atom. The van der Waals surface area contributed by atoms with Crippen LogP contribution in [0.2, 0.25) is 0 Å². The Labute approximate surface area is 84.6 Å². The van der Waals surface area contributed by atoms with Crippen molar-refractivity contribution in [2.75, 3.05) is 6.61 Å². The fraction of sp³-hybridized carbons (Fsp3) is 0.500. The lowest BCUT2D eigenvalue weighted by Crippen LogP contribution is -2.29. The minimum atomic E-state index is -0.221. The van der Waals surface area contributed by atoms with Gasteiger partial charge in [0.25, 0.3) is 0 Å². The SMILES string of the molecule is C[C@H](CO)C(C)(C)c1ccc(F)cc1. The Balaban J connectivity index is 2.97. The van der Waals surface area contributed by atoms with Crippen LogP contribution < -0.4 is 0 Å². The normalized spacial score (nSPS) is 14.1. The van der Waals surface area contributed by atoms with Crippen LogP contribution in [0.1, 0.15) is 26.3 Å². The van der Waals surface area contributed by atoms with E-state index in [9.17, 15) is 4.39 Å². The molecule has 0 aliphatic heterocycles. The second-order valence-electron chi connectivity index (χ2n) is 4.31. The molecule has 0 aromatic heterocycles. The number of aliphatic hydroxyl groups excluding tert-OH is 1. The molecule has 14 heavy (non-hydrogen) atoms. The summed E-state index contributed by atoms with van der Waals surface area (Å²) in [6, 6.07) is 6.48. The fourth-order valence-corrected chi connectivity index (χ4v) is 1.39. The average Bonchev–Trinajstić information content (AvgIpc) is 2.17. The summed E-state index contributed by atoms with van der Waals surface area (Å²) in [5.41, 5.74) is 0.933. The van der Waals surface area contributed by atoms with Gasteiger partial charge in [-0.3, -0.25) is 0 Å². The van der Waals surface area contributed by atoms with E-state index in [0.717, 1.165) is 5.56 Å². The number of aliphatic hydroxyl groups is 1. The maximum absolute atomic E-state index is 12.7. The highest BCUT2D eigenvalue weighted by molar-refractivity contribution is 5.24. The Hall–Kier alpha value is -0.890. The minimum Gasteiger partial charge on any atom is -0.396 e. The van der Waals surface area contributed by atoms with Crippen molar-refractivity contribution in [3.63, 3.8) is 0 Å². The van der Waals surface area contributed by atoms with Gasteiger partial charge < -0.3 is 5.11 Å². The monoisotopic (exact) mass is 196 g/mol. The molecule has 1 aromatic rings. The number of benzene rings is 1. The first-order valence-corrected chi connectivity index (χ1v) is 4.85. The van der Waals surface area contributed by atoms with Crippen LogP contribution in [0, 0.1) is 11.7 Å². The third kappa shape index (κ3) is 2.13. The summed E-state index contributed by atoms with van der Waals surface area (Å²) in [6.45, 7) is 6.25. The van der Waals surface area contributed by atoms with Gasteiger partial charge >= 0.3 is 0 Å². The predicted molar refractivity (Wildman–Crippen MR) is 55.7 cm³/mol. The van der Waals surface area contributed by atoms with Crippen molar-refractivity contribution in [1.82, 2.24) is 0 Å². The first-order chi connectivity index (χ1) is 6.48. The maximum atomic E-state index is 12.7. The van der Waals surface area contributed by atoms with Crippen molar-refractivity contribution < 1.29 is 9.50 Å². The van der Waals surface area contributed by atoms with Crippen molar-refractivity contribution in [1.29, 1.82) is 0 Å². The van der Waals surface area contributed by atoms with Gasteiger partial charge in [-0.15, -0.1) is 0 Å². The zero-order valence-corrected chi connectivity index (χ0v) is 8.92. The molecule has 1 N–H and O–H groups in total. The summed E-state index contributed by atoms with van der Waals surface area (Å²) in [5.74, 6) is -0.0610. The van der Waals surface area contributed by atoms with E-state index in [-0.39, 0.29) is 23.8 Å². The van der Waals surface area contributed by atoms with E-state index in [1.165, 1.54) is 12.1 Å². The Kier molecular flexibility index (Phi) is 3.27. The molecule has 0 saturated heterocycles. The molecule has 0 aliphatic carbocycles. The Bertz CT molecular complexity index is 290. The van der Waals surface area contributed by atoms with Gasteiger partial charge in [0.05, 0.1) is 0 Å².